The Kier molecular flexibility index (Phi) is 7.54. The van der Waals surface area contributed by atoms with Crippen LogP contribution in [0.3, 0.4) is 0 Å². The highest BCUT2D eigenvalue weighted by Crippen LogP contribution is 2.38. The van der Waals surface area contributed by atoms with E-state index in [1.807, 2.05) is 30.3 Å². The lowest BCUT2D eigenvalue weighted by atomic mass is 9.78. The van der Waals surface area contributed by atoms with Crippen LogP contribution in [-0.4, -0.2) is 24.7 Å². The zero-order valence-corrected chi connectivity index (χ0v) is 18.1. The van der Waals surface area contributed by atoms with Gasteiger partial charge in [0.25, 0.3) is 5.91 Å². The normalized spacial score (nSPS) is 21.8. The van der Waals surface area contributed by atoms with Crippen LogP contribution in [0.15, 0.2) is 36.4 Å². The van der Waals surface area contributed by atoms with Gasteiger partial charge in [-0.1, -0.05) is 57.9 Å². The van der Waals surface area contributed by atoms with E-state index in [9.17, 15) is 4.79 Å². The number of rotatable bonds is 9. The van der Waals surface area contributed by atoms with Gasteiger partial charge in [0.1, 0.15) is 11.4 Å². The minimum atomic E-state index is -0.717. The van der Waals surface area contributed by atoms with Gasteiger partial charge in [-0.15, -0.1) is 0 Å². The third-order valence-electron chi connectivity index (χ3n) is 5.84. The molecule has 0 unspecified atom stereocenters. The van der Waals surface area contributed by atoms with Crippen molar-refractivity contribution in [2.24, 2.45) is 5.92 Å². The van der Waals surface area contributed by atoms with Crippen LogP contribution in [-0.2, 0) is 9.53 Å². The molecule has 2 atom stereocenters. The largest absolute Gasteiger partial charge is 0.493 e. The van der Waals surface area contributed by atoms with Crippen molar-refractivity contribution in [1.82, 2.24) is 0 Å². The van der Waals surface area contributed by atoms with Crippen LogP contribution in [0.5, 0.6) is 5.75 Å². The molecule has 0 heterocycles. The summed E-state index contributed by atoms with van der Waals surface area (Å²) in [5, 5.41) is 5.23. The average molecular weight is 398 g/mol. The maximum absolute atomic E-state index is 13.4. The lowest BCUT2D eigenvalue weighted by molar-refractivity contribution is -0.148. The number of fused-ring (bicyclic) bond motifs is 1. The van der Waals surface area contributed by atoms with Crippen LogP contribution < -0.4 is 10.1 Å². The summed E-state index contributed by atoms with van der Waals surface area (Å²) in [4.78, 5) is 13.4. The van der Waals surface area contributed by atoms with Gasteiger partial charge in [-0.2, -0.15) is 0 Å². The molecule has 4 heteroatoms. The predicted molar refractivity (Wildman–Crippen MR) is 120 cm³/mol. The third-order valence-corrected chi connectivity index (χ3v) is 5.84. The molecule has 0 aromatic heterocycles. The topological polar surface area (TPSA) is 47.6 Å². The second kappa shape index (κ2) is 10.1. The molecular weight excluding hydrogens is 362 g/mol. The highest BCUT2D eigenvalue weighted by atomic mass is 16.5. The van der Waals surface area contributed by atoms with Gasteiger partial charge >= 0.3 is 0 Å². The number of ether oxygens (including phenoxy) is 2. The molecule has 1 aliphatic rings. The Morgan fingerprint density at radius 3 is 2.62 bits per heavy atom. The van der Waals surface area contributed by atoms with Crippen molar-refractivity contribution >= 4 is 22.4 Å². The fraction of sp³-hybridized carbons (Fsp3) is 0.560. The summed E-state index contributed by atoms with van der Waals surface area (Å²) in [6, 6.07) is 12.0. The van der Waals surface area contributed by atoms with Crippen LogP contribution in [0, 0.1) is 5.92 Å². The van der Waals surface area contributed by atoms with E-state index in [0.29, 0.717) is 19.1 Å². The van der Waals surface area contributed by atoms with E-state index in [0.717, 1.165) is 67.2 Å². The molecule has 1 aliphatic carbocycles. The molecule has 4 nitrogen and oxygen atoms in total. The molecule has 1 fully saturated rings. The van der Waals surface area contributed by atoms with Crippen LogP contribution in [0.25, 0.3) is 10.8 Å². The quantitative estimate of drug-likeness (QED) is 0.503. The Morgan fingerprint density at radius 2 is 1.90 bits per heavy atom. The molecule has 29 heavy (non-hydrogen) atoms. The van der Waals surface area contributed by atoms with Crippen LogP contribution in [0.4, 0.5) is 5.69 Å². The smallest absolute Gasteiger partial charge is 0.256 e. The second-order valence-electron chi connectivity index (χ2n) is 8.36. The maximum Gasteiger partial charge on any atom is 0.256 e. The second-order valence-corrected chi connectivity index (χ2v) is 8.36. The van der Waals surface area contributed by atoms with Gasteiger partial charge in [-0.25, -0.2) is 0 Å². The van der Waals surface area contributed by atoms with Gasteiger partial charge in [0, 0.05) is 23.1 Å². The summed E-state index contributed by atoms with van der Waals surface area (Å²) >= 11 is 0. The average Bonchev–Trinajstić information content (AvgIpc) is 2.74. The Hall–Kier alpha value is -2.07. The van der Waals surface area contributed by atoms with Crippen LogP contribution in [0.2, 0.25) is 0 Å². The summed E-state index contributed by atoms with van der Waals surface area (Å²) in [5.41, 5.74) is 0.108. The first kappa shape index (κ1) is 21.6. The molecule has 2 aromatic rings. The molecular formula is C25H35NO3. The Bertz CT molecular complexity index is 819. The molecule has 1 saturated carbocycles. The van der Waals surface area contributed by atoms with E-state index in [2.05, 4.69) is 32.2 Å². The van der Waals surface area contributed by atoms with Crippen molar-refractivity contribution in [1.29, 1.82) is 0 Å². The highest BCUT2D eigenvalue weighted by molar-refractivity contribution is 6.06. The number of amides is 1. The highest BCUT2D eigenvalue weighted by Gasteiger charge is 2.42. The number of carbonyl (C=O) groups excluding carboxylic acids is 1. The SMILES string of the molecule is CCCCOc1ccc(NC(=O)[C@@]2(OCCC)CCC[C@@H](C)C2)c2ccccc12. The first-order valence-electron chi connectivity index (χ1n) is 11.2. The molecule has 0 spiro atoms. The minimum Gasteiger partial charge on any atom is -0.493 e. The standard InChI is InChI=1S/C25H35NO3/c1-4-6-17-28-23-14-13-22(20-11-7-8-12-21(20)23)26-24(27)25(29-16-5-2)15-9-10-19(3)18-25/h7-8,11-14,19H,4-6,9-10,15-18H2,1-3H3,(H,26,27)/t19-,25-/m1/s1. The fourth-order valence-corrected chi connectivity index (χ4v) is 4.27. The molecule has 3 rings (SSSR count). The van der Waals surface area contributed by atoms with E-state index >= 15 is 0 Å². The molecule has 0 saturated heterocycles. The van der Waals surface area contributed by atoms with Gasteiger partial charge in [0.2, 0.25) is 0 Å². The number of carbonyl (C=O) groups is 1. The van der Waals surface area contributed by atoms with Gasteiger partial charge in [-0.05, 0) is 50.2 Å². The molecule has 158 valence electrons. The summed E-state index contributed by atoms with van der Waals surface area (Å²) in [6.45, 7) is 7.78. The van der Waals surface area contributed by atoms with Crippen molar-refractivity contribution < 1.29 is 14.3 Å². The maximum atomic E-state index is 13.4. The summed E-state index contributed by atoms with van der Waals surface area (Å²) in [7, 11) is 0. The Morgan fingerprint density at radius 1 is 1.10 bits per heavy atom. The van der Waals surface area contributed by atoms with Crippen molar-refractivity contribution in [2.75, 3.05) is 18.5 Å². The first-order valence-corrected chi connectivity index (χ1v) is 11.2. The van der Waals surface area contributed by atoms with E-state index in [1.165, 1.54) is 0 Å². The number of hydrogen-bond acceptors (Lipinski definition) is 3. The molecule has 0 radical (unpaired) electrons. The monoisotopic (exact) mass is 397 g/mol. The minimum absolute atomic E-state index is 0.0118. The number of unbranched alkanes of at least 4 members (excludes halogenated alkanes) is 1. The molecule has 1 amide bonds. The van der Waals surface area contributed by atoms with Crippen molar-refractivity contribution in [2.45, 2.75) is 71.3 Å². The third kappa shape index (κ3) is 5.11. The summed E-state index contributed by atoms with van der Waals surface area (Å²) < 4.78 is 12.2. The summed E-state index contributed by atoms with van der Waals surface area (Å²) in [5.74, 6) is 1.36. The Balaban J connectivity index is 1.86. The predicted octanol–water partition coefficient (Wildman–Crippen LogP) is 6.33. The van der Waals surface area contributed by atoms with E-state index < -0.39 is 5.60 Å². The number of hydrogen-bond donors (Lipinski definition) is 1. The molecule has 2 aromatic carbocycles. The van der Waals surface area contributed by atoms with Crippen LogP contribution in [0.1, 0.15) is 65.7 Å². The lowest BCUT2D eigenvalue weighted by Crippen LogP contribution is -2.48. The lowest BCUT2D eigenvalue weighted by Gasteiger charge is -2.38. The van der Waals surface area contributed by atoms with Gasteiger partial charge < -0.3 is 14.8 Å². The van der Waals surface area contributed by atoms with E-state index in [1.54, 1.807) is 0 Å². The zero-order valence-electron chi connectivity index (χ0n) is 18.1. The van der Waals surface area contributed by atoms with E-state index in [-0.39, 0.29) is 5.91 Å². The van der Waals surface area contributed by atoms with Gasteiger partial charge in [0.05, 0.1) is 6.61 Å². The van der Waals surface area contributed by atoms with Crippen LogP contribution >= 0.6 is 0 Å². The van der Waals surface area contributed by atoms with E-state index in [4.69, 9.17) is 9.47 Å². The summed E-state index contributed by atoms with van der Waals surface area (Å²) in [6.07, 6.45) is 6.82. The van der Waals surface area contributed by atoms with Crippen molar-refractivity contribution in [3.8, 4) is 5.75 Å². The van der Waals surface area contributed by atoms with Gasteiger partial charge in [0.15, 0.2) is 0 Å². The molecule has 1 N–H and O–H groups in total. The number of anilines is 1. The fourth-order valence-electron chi connectivity index (χ4n) is 4.27. The molecule has 0 bridgehead atoms. The van der Waals surface area contributed by atoms with Crippen molar-refractivity contribution in [3.05, 3.63) is 36.4 Å². The van der Waals surface area contributed by atoms with Crippen molar-refractivity contribution in [3.63, 3.8) is 0 Å². The Labute approximate surface area is 175 Å². The number of benzene rings is 2. The zero-order chi connectivity index (χ0) is 20.7. The molecule has 0 aliphatic heterocycles. The number of nitrogens with one attached hydrogen (secondary N) is 1. The van der Waals surface area contributed by atoms with Gasteiger partial charge in [-0.3, -0.25) is 4.79 Å². The first-order chi connectivity index (χ1) is 14.1.